The van der Waals surface area contributed by atoms with Crippen LogP contribution in [0.5, 0.6) is 0 Å². The molecule has 4 rings (SSSR count). The van der Waals surface area contributed by atoms with Gasteiger partial charge in [-0.3, -0.25) is 0 Å². The molecule has 0 fully saturated rings. The van der Waals surface area contributed by atoms with Crippen LogP contribution in [0, 0.1) is 5.82 Å². The van der Waals surface area contributed by atoms with Gasteiger partial charge in [0.2, 0.25) is 5.95 Å². The Bertz CT molecular complexity index is 1220. The third-order valence-electron chi connectivity index (χ3n) is 5.20. The first-order valence-electron chi connectivity index (χ1n) is 10.7. The van der Waals surface area contributed by atoms with Crippen LogP contribution in [0.2, 0.25) is 0 Å². The van der Waals surface area contributed by atoms with Gasteiger partial charge in [0.25, 0.3) is 0 Å². The molecule has 0 aliphatic heterocycles. The third kappa shape index (κ3) is 5.48. The lowest BCUT2D eigenvalue weighted by molar-refractivity contribution is 0.614. The van der Waals surface area contributed by atoms with Crippen LogP contribution in [0.4, 0.5) is 22.0 Å². The fourth-order valence-corrected chi connectivity index (χ4v) is 3.54. The summed E-state index contributed by atoms with van der Waals surface area (Å²) < 4.78 is 14.6. The molecule has 0 aliphatic rings. The maximum Gasteiger partial charge on any atom is 0.224 e. The molecule has 0 spiro atoms. The minimum Gasteiger partial charge on any atom is -0.351 e. The van der Waals surface area contributed by atoms with Gasteiger partial charge >= 0.3 is 0 Å². The van der Waals surface area contributed by atoms with Crippen molar-refractivity contribution in [1.29, 1.82) is 0 Å². The van der Waals surface area contributed by atoms with Crippen LogP contribution in [0.3, 0.4) is 0 Å². The molecule has 4 aromatic rings. The first kappa shape index (κ1) is 22.3. The molecule has 168 valence electrons. The van der Waals surface area contributed by atoms with Crippen LogP contribution in [0.1, 0.15) is 18.1 Å². The monoisotopic (exact) mass is 443 g/mol. The second kappa shape index (κ2) is 10.1. The number of anilines is 3. The van der Waals surface area contributed by atoms with Crippen LogP contribution in [0.25, 0.3) is 11.4 Å². The van der Waals surface area contributed by atoms with Crippen LogP contribution in [-0.2, 0) is 13.0 Å². The molecule has 0 saturated carbocycles. The number of halogens is 1. The zero-order valence-corrected chi connectivity index (χ0v) is 18.6. The lowest BCUT2D eigenvalue weighted by Crippen LogP contribution is -2.21. The molecule has 0 bridgehead atoms. The fourth-order valence-electron chi connectivity index (χ4n) is 3.54. The minimum atomic E-state index is -0.529. The number of nitrogens with zero attached hydrogens (tertiary/aromatic N) is 5. The van der Waals surface area contributed by atoms with Crippen molar-refractivity contribution in [3.8, 4) is 11.4 Å². The average molecular weight is 444 g/mol. The molecular formula is C25H26FN7. The van der Waals surface area contributed by atoms with E-state index in [1.807, 2.05) is 42.5 Å². The van der Waals surface area contributed by atoms with Gasteiger partial charge in [0.05, 0.1) is 6.20 Å². The zero-order valence-electron chi connectivity index (χ0n) is 18.6. The van der Waals surface area contributed by atoms with Crippen molar-refractivity contribution in [1.82, 2.24) is 19.9 Å². The van der Waals surface area contributed by atoms with E-state index in [1.54, 1.807) is 24.2 Å². The largest absolute Gasteiger partial charge is 0.351 e. The number of rotatable bonds is 8. The number of hydrogen-bond donors (Lipinski definition) is 2. The highest BCUT2D eigenvalue weighted by atomic mass is 19.1. The number of aromatic nitrogens is 4. The molecule has 2 heterocycles. The highest BCUT2D eigenvalue weighted by Crippen LogP contribution is 2.25. The van der Waals surface area contributed by atoms with Crippen molar-refractivity contribution in [2.24, 2.45) is 5.73 Å². The average Bonchev–Trinajstić information content (AvgIpc) is 2.84. The second-order valence-corrected chi connectivity index (χ2v) is 7.80. The summed E-state index contributed by atoms with van der Waals surface area (Å²) in [6.45, 7) is 2.57. The van der Waals surface area contributed by atoms with Gasteiger partial charge in [-0.25, -0.2) is 19.3 Å². The number of nitrogens with two attached hydrogens (primary N) is 1. The van der Waals surface area contributed by atoms with E-state index < -0.39 is 5.82 Å². The Morgan fingerprint density at radius 3 is 2.58 bits per heavy atom. The second-order valence-electron chi connectivity index (χ2n) is 7.80. The Hall–Kier alpha value is -3.91. The van der Waals surface area contributed by atoms with Gasteiger partial charge in [0.1, 0.15) is 5.82 Å². The first-order chi connectivity index (χ1) is 16.0. The highest BCUT2D eigenvalue weighted by Gasteiger charge is 2.16. The molecule has 0 aliphatic carbocycles. The summed E-state index contributed by atoms with van der Waals surface area (Å²) >= 11 is 0. The van der Waals surface area contributed by atoms with Gasteiger partial charge in [0.15, 0.2) is 17.5 Å². The van der Waals surface area contributed by atoms with Crippen LogP contribution < -0.4 is 16.0 Å². The van der Waals surface area contributed by atoms with Gasteiger partial charge in [-0.1, -0.05) is 54.6 Å². The smallest absolute Gasteiger partial charge is 0.224 e. The molecule has 3 N–H and O–H groups in total. The molecule has 2 aromatic carbocycles. The Labute approximate surface area is 192 Å². The molecule has 7 nitrogen and oxygen atoms in total. The van der Waals surface area contributed by atoms with Crippen LogP contribution in [-0.4, -0.2) is 33.0 Å². The van der Waals surface area contributed by atoms with E-state index in [4.69, 9.17) is 5.73 Å². The van der Waals surface area contributed by atoms with E-state index in [0.717, 1.165) is 17.5 Å². The normalized spacial score (nSPS) is 11.8. The van der Waals surface area contributed by atoms with Gasteiger partial charge < -0.3 is 16.0 Å². The lowest BCUT2D eigenvalue weighted by atomic mass is 10.0. The van der Waals surface area contributed by atoms with E-state index in [9.17, 15) is 4.39 Å². The topological polar surface area (TPSA) is 92.8 Å². The van der Waals surface area contributed by atoms with E-state index in [1.165, 1.54) is 11.8 Å². The van der Waals surface area contributed by atoms with Gasteiger partial charge in [0, 0.05) is 31.4 Å². The standard InChI is InChI=1S/C25H26FN7/c1-17(13-18-7-6-8-19(14-18)15-27)30-25-28-12-11-22(31-25)33(2)24-21(26)16-29-23(32-24)20-9-4-3-5-10-20/h3-12,14,16-17H,13,15,27H2,1-2H3,(H,28,30,31)/t17-/m0/s1. The van der Waals surface area contributed by atoms with Crippen LogP contribution >= 0.6 is 0 Å². The molecule has 0 saturated heterocycles. The highest BCUT2D eigenvalue weighted by molar-refractivity contribution is 5.61. The Balaban J connectivity index is 1.51. The Morgan fingerprint density at radius 1 is 1.00 bits per heavy atom. The van der Waals surface area contributed by atoms with Crippen molar-refractivity contribution in [2.45, 2.75) is 25.9 Å². The van der Waals surface area contributed by atoms with Gasteiger partial charge in [-0.15, -0.1) is 0 Å². The Morgan fingerprint density at radius 2 is 1.79 bits per heavy atom. The number of benzene rings is 2. The number of hydrogen-bond acceptors (Lipinski definition) is 7. The van der Waals surface area contributed by atoms with Crippen molar-refractivity contribution in [3.05, 3.63) is 90.0 Å². The molecule has 33 heavy (non-hydrogen) atoms. The Kier molecular flexibility index (Phi) is 6.85. The molecule has 0 radical (unpaired) electrons. The van der Waals surface area contributed by atoms with E-state index in [-0.39, 0.29) is 11.9 Å². The summed E-state index contributed by atoms with van der Waals surface area (Å²) in [6.07, 6.45) is 3.61. The minimum absolute atomic E-state index is 0.0825. The third-order valence-corrected chi connectivity index (χ3v) is 5.20. The van der Waals surface area contributed by atoms with Crippen molar-refractivity contribution >= 4 is 17.6 Å². The molecule has 2 aromatic heterocycles. The fraction of sp³-hybridized carbons (Fsp3) is 0.200. The number of nitrogens with one attached hydrogen (secondary N) is 1. The first-order valence-corrected chi connectivity index (χ1v) is 10.7. The molecule has 0 unspecified atom stereocenters. The predicted octanol–water partition coefficient (Wildman–Crippen LogP) is 4.34. The summed E-state index contributed by atoms with van der Waals surface area (Å²) in [5.74, 6) is 1.03. The summed E-state index contributed by atoms with van der Waals surface area (Å²) in [5, 5.41) is 3.32. The van der Waals surface area contributed by atoms with Gasteiger partial charge in [-0.2, -0.15) is 4.98 Å². The molecule has 1 atom stereocenters. The van der Waals surface area contributed by atoms with E-state index in [2.05, 4.69) is 44.3 Å². The van der Waals surface area contributed by atoms with E-state index >= 15 is 0 Å². The van der Waals surface area contributed by atoms with Crippen LogP contribution in [0.15, 0.2) is 73.1 Å². The maximum atomic E-state index is 14.6. The van der Waals surface area contributed by atoms with Crippen molar-refractivity contribution < 1.29 is 4.39 Å². The van der Waals surface area contributed by atoms with E-state index in [0.29, 0.717) is 24.1 Å². The maximum absolute atomic E-state index is 14.6. The zero-order chi connectivity index (χ0) is 23.2. The quantitative estimate of drug-likeness (QED) is 0.418. The lowest BCUT2D eigenvalue weighted by Gasteiger charge is -2.20. The SMILES string of the molecule is C[C@@H](Cc1cccc(CN)c1)Nc1nccc(N(C)c2nc(-c3ccccc3)ncc2F)n1. The molecule has 8 heteroatoms. The summed E-state index contributed by atoms with van der Waals surface area (Å²) in [7, 11) is 1.72. The van der Waals surface area contributed by atoms with Gasteiger partial charge in [-0.05, 0) is 30.5 Å². The summed E-state index contributed by atoms with van der Waals surface area (Å²) in [6, 6.07) is 19.5. The summed E-state index contributed by atoms with van der Waals surface area (Å²) in [4.78, 5) is 19.0. The molecule has 0 amide bonds. The van der Waals surface area contributed by atoms with Crippen molar-refractivity contribution in [3.63, 3.8) is 0 Å². The molecular weight excluding hydrogens is 417 g/mol. The predicted molar refractivity (Wildman–Crippen MR) is 129 cm³/mol. The van der Waals surface area contributed by atoms with Crippen molar-refractivity contribution in [2.75, 3.05) is 17.3 Å². The summed E-state index contributed by atoms with van der Waals surface area (Å²) in [5.41, 5.74) is 8.83.